The van der Waals surface area contributed by atoms with Gasteiger partial charge in [0.15, 0.2) is 0 Å². The predicted octanol–water partition coefficient (Wildman–Crippen LogP) is 2.46. The number of aliphatic hydroxyl groups is 1. The Kier molecular flexibility index (Phi) is 3.97. The Morgan fingerprint density at radius 3 is 2.44 bits per heavy atom. The van der Waals surface area contributed by atoms with Crippen molar-refractivity contribution < 1.29 is 5.11 Å². The van der Waals surface area contributed by atoms with Gasteiger partial charge in [0, 0.05) is 12.6 Å². The van der Waals surface area contributed by atoms with Crippen molar-refractivity contribution in [2.24, 2.45) is 5.92 Å². The first-order chi connectivity index (χ1) is 7.78. The van der Waals surface area contributed by atoms with Crippen molar-refractivity contribution >= 4 is 0 Å². The number of hydrogen-bond acceptors (Lipinski definition) is 2. The summed E-state index contributed by atoms with van der Waals surface area (Å²) >= 11 is 0. The molecule has 0 heterocycles. The van der Waals surface area contributed by atoms with Crippen LogP contribution in [0.1, 0.15) is 37.3 Å². The molecule has 1 aliphatic carbocycles. The summed E-state index contributed by atoms with van der Waals surface area (Å²) in [6, 6.07) is 8.76. The summed E-state index contributed by atoms with van der Waals surface area (Å²) in [4.78, 5) is 0. The summed E-state index contributed by atoms with van der Waals surface area (Å²) in [5.41, 5.74) is 2.27. The van der Waals surface area contributed by atoms with Crippen molar-refractivity contribution in [3.8, 4) is 0 Å². The fraction of sp³-hybridized carbons (Fsp3) is 0.571. The third kappa shape index (κ3) is 3.62. The molecule has 2 rings (SSSR count). The van der Waals surface area contributed by atoms with E-state index in [1.807, 2.05) is 12.1 Å². The van der Waals surface area contributed by atoms with Crippen LogP contribution in [0.15, 0.2) is 24.3 Å². The first kappa shape index (κ1) is 11.6. The lowest BCUT2D eigenvalue weighted by Gasteiger charge is -2.13. The maximum Gasteiger partial charge on any atom is 0.0681 e. The van der Waals surface area contributed by atoms with Gasteiger partial charge in [-0.15, -0.1) is 0 Å². The van der Waals surface area contributed by atoms with E-state index >= 15 is 0 Å². The molecule has 0 amide bonds. The quantitative estimate of drug-likeness (QED) is 0.770. The minimum Gasteiger partial charge on any atom is -0.392 e. The van der Waals surface area contributed by atoms with E-state index in [0.717, 1.165) is 18.0 Å². The van der Waals surface area contributed by atoms with Crippen molar-refractivity contribution in [2.75, 3.05) is 0 Å². The first-order valence-electron chi connectivity index (χ1n) is 6.20. The largest absolute Gasteiger partial charge is 0.392 e. The molecule has 0 bridgehead atoms. The topological polar surface area (TPSA) is 32.3 Å². The zero-order valence-corrected chi connectivity index (χ0v) is 9.95. The van der Waals surface area contributed by atoms with Gasteiger partial charge in [0.2, 0.25) is 0 Å². The number of benzene rings is 1. The minimum atomic E-state index is 0.131. The number of rotatable bonds is 6. The Balaban J connectivity index is 1.74. The van der Waals surface area contributed by atoms with Crippen LogP contribution in [0.3, 0.4) is 0 Å². The van der Waals surface area contributed by atoms with Gasteiger partial charge in [-0.1, -0.05) is 37.1 Å². The van der Waals surface area contributed by atoms with Gasteiger partial charge in [-0.2, -0.15) is 0 Å². The average molecular weight is 219 g/mol. The van der Waals surface area contributed by atoms with E-state index in [1.54, 1.807) is 0 Å². The Morgan fingerprint density at radius 1 is 1.25 bits per heavy atom. The van der Waals surface area contributed by atoms with E-state index in [9.17, 15) is 0 Å². The molecule has 1 aliphatic rings. The van der Waals surface area contributed by atoms with Gasteiger partial charge in [-0.3, -0.25) is 0 Å². The molecule has 16 heavy (non-hydrogen) atoms. The van der Waals surface area contributed by atoms with E-state index in [4.69, 9.17) is 5.11 Å². The minimum absolute atomic E-state index is 0.131. The monoisotopic (exact) mass is 219 g/mol. The summed E-state index contributed by atoms with van der Waals surface area (Å²) in [6.07, 6.45) is 4.17. The highest BCUT2D eigenvalue weighted by Crippen LogP contribution is 2.33. The summed E-state index contributed by atoms with van der Waals surface area (Å²) in [5.74, 6) is 0.985. The molecule has 1 unspecified atom stereocenters. The zero-order chi connectivity index (χ0) is 11.4. The van der Waals surface area contributed by atoms with Gasteiger partial charge in [0.05, 0.1) is 6.61 Å². The lowest BCUT2D eigenvalue weighted by Crippen LogP contribution is -2.25. The lowest BCUT2D eigenvalue weighted by molar-refractivity contribution is 0.282. The molecular formula is C14H21NO. The Hall–Kier alpha value is -0.860. The van der Waals surface area contributed by atoms with E-state index < -0.39 is 0 Å². The lowest BCUT2D eigenvalue weighted by atomic mass is 10.1. The molecule has 88 valence electrons. The second-order valence-corrected chi connectivity index (χ2v) is 4.94. The molecule has 2 heteroatoms. The van der Waals surface area contributed by atoms with Crippen molar-refractivity contribution in [1.82, 2.24) is 5.32 Å². The number of hydrogen-bond donors (Lipinski definition) is 2. The van der Waals surface area contributed by atoms with E-state index in [1.165, 1.54) is 24.8 Å². The van der Waals surface area contributed by atoms with Crippen molar-refractivity contribution in [3.63, 3.8) is 0 Å². The molecule has 1 fully saturated rings. The first-order valence-corrected chi connectivity index (χ1v) is 6.20. The van der Waals surface area contributed by atoms with Crippen LogP contribution in [-0.4, -0.2) is 11.1 Å². The molecule has 0 saturated heterocycles. The van der Waals surface area contributed by atoms with Crippen LogP contribution in [0, 0.1) is 5.92 Å². The van der Waals surface area contributed by atoms with Gasteiger partial charge in [-0.05, 0) is 30.4 Å². The Bertz CT molecular complexity index is 316. The van der Waals surface area contributed by atoms with Gasteiger partial charge in [0.1, 0.15) is 0 Å². The normalized spacial score (nSPS) is 17.4. The summed E-state index contributed by atoms with van der Waals surface area (Å²) < 4.78 is 0. The number of nitrogens with one attached hydrogen (secondary N) is 1. The molecule has 1 atom stereocenters. The molecule has 0 aliphatic heterocycles. The molecule has 2 N–H and O–H groups in total. The highest BCUT2D eigenvalue weighted by molar-refractivity contribution is 5.21. The van der Waals surface area contributed by atoms with Gasteiger partial charge >= 0.3 is 0 Å². The Labute approximate surface area is 97.7 Å². The van der Waals surface area contributed by atoms with Crippen LogP contribution in [-0.2, 0) is 13.2 Å². The van der Waals surface area contributed by atoms with Crippen LogP contribution in [0.5, 0.6) is 0 Å². The molecule has 0 radical (unpaired) electrons. The molecule has 1 aromatic carbocycles. The van der Waals surface area contributed by atoms with Crippen molar-refractivity contribution in [1.29, 1.82) is 0 Å². The van der Waals surface area contributed by atoms with Gasteiger partial charge in [0.25, 0.3) is 0 Å². The second kappa shape index (κ2) is 5.46. The smallest absolute Gasteiger partial charge is 0.0681 e. The van der Waals surface area contributed by atoms with Crippen LogP contribution < -0.4 is 5.32 Å². The molecule has 2 nitrogen and oxygen atoms in total. The summed E-state index contributed by atoms with van der Waals surface area (Å²) in [5, 5.41) is 12.5. The van der Waals surface area contributed by atoms with E-state index in [0.29, 0.717) is 6.04 Å². The summed E-state index contributed by atoms with van der Waals surface area (Å²) in [6.45, 7) is 3.33. The van der Waals surface area contributed by atoms with Crippen LogP contribution in [0.4, 0.5) is 0 Å². The second-order valence-electron chi connectivity index (χ2n) is 4.94. The standard InChI is InChI=1S/C14H21NO/c1-11(8-12-2-3-12)15-9-13-4-6-14(10-16)7-5-13/h4-7,11-12,15-16H,2-3,8-10H2,1H3. The molecule has 1 aromatic rings. The SMILES string of the molecule is CC(CC1CC1)NCc1ccc(CO)cc1. The molecule has 1 saturated carbocycles. The predicted molar refractivity (Wildman–Crippen MR) is 66.0 cm³/mol. The number of aliphatic hydroxyl groups excluding tert-OH is 1. The highest BCUT2D eigenvalue weighted by Gasteiger charge is 2.23. The maximum absolute atomic E-state index is 8.94. The molecule has 0 spiro atoms. The molecule has 0 aromatic heterocycles. The van der Waals surface area contributed by atoms with Gasteiger partial charge in [-0.25, -0.2) is 0 Å². The fourth-order valence-electron chi connectivity index (χ4n) is 1.99. The van der Waals surface area contributed by atoms with Crippen molar-refractivity contribution in [3.05, 3.63) is 35.4 Å². The van der Waals surface area contributed by atoms with Gasteiger partial charge < -0.3 is 10.4 Å². The summed E-state index contributed by atoms with van der Waals surface area (Å²) in [7, 11) is 0. The maximum atomic E-state index is 8.94. The Morgan fingerprint density at radius 2 is 1.88 bits per heavy atom. The van der Waals surface area contributed by atoms with Crippen molar-refractivity contribution in [2.45, 2.75) is 45.4 Å². The van der Waals surface area contributed by atoms with Crippen LogP contribution in [0.25, 0.3) is 0 Å². The fourth-order valence-corrected chi connectivity index (χ4v) is 1.99. The third-order valence-corrected chi connectivity index (χ3v) is 3.24. The van der Waals surface area contributed by atoms with Crippen LogP contribution in [0.2, 0.25) is 0 Å². The van der Waals surface area contributed by atoms with E-state index in [2.05, 4.69) is 24.4 Å². The third-order valence-electron chi connectivity index (χ3n) is 3.24. The average Bonchev–Trinajstić information content (AvgIpc) is 3.11. The zero-order valence-electron chi connectivity index (χ0n) is 9.95. The van der Waals surface area contributed by atoms with Crippen LogP contribution >= 0.6 is 0 Å². The highest BCUT2D eigenvalue weighted by atomic mass is 16.3. The van der Waals surface area contributed by atoms with E-state index in [-0.39, 0.29) is 6.61 Å². The molecular weight excluding hydrogens is 198 g/mol.